The number of hydrogen-bond acceptors (Lipinski definition) is 3. The molecule has 0 bridgehead atoms. The molecule has 0 aliphatic carbocycles. The van der Waals surface area contributed by atoms with Crippen LogP contribution in [0, 0.1) is 0 Å². The van der Waals surface area contributed by atoms with Crippen molar-refractivity contribution >= 4 is 18.0 Å². The Hall–Kier alpha value is -1.17. The number of halogens is 3. The molecule has 0 aliphatic rings. The zero-order valence-electron chi connectivity index (χ0n) is 8.59. The first-order valence-corrected chi connectivity index (χ1v) is 5.45. The summed E-state index contributed by atoms with van der Waals surface area (Å²) in [6.07, 6.45) is -2.53. The fourth-order valence-corrected chi connectivity index (χ4v) is 1.90. The van der Waals surface area contributed by atoms with Crippen molar-refractivity contribution in [2.75, 3.05) is 13.4 Å². The maximum Gasteiger partial charge on any atom is 0.420 e. The van der Waals surface area contributed by atoms with E-state index in [2.05, 4.69) is 0 Å². The smallest absolute Gasteiger partial charge is 0.420 e. The van der Waals surface area contributed by atoms with Gasteiger partial charge < -0.3 is 4.74 Å². The number of thioether (sulfide) groups is 1. The normalized spacial score (nSPS) is 11.3. The van der Waals surface area contributed by atoms with E-state index in [1.54, 1.807) is 6.26 Å². The number of methoxy groups -OCH3 is 1. The Morgan fingerprint density at radius 1 is 1.38 bits per heavy atom. The first-order valence-electron chi connectivity index (χ1n) is 4.22. The van der Waals surface area contributed by atoms with Gasteiger partial charge >= 0.3 is 6.18 Å². The number of carbonyl (C=O) groups excluding carboxylic acids is 1. The molecule has 0 aliphatic heterocycles. The van der Waals surface area contributed by atoms with Gasteiger partial charge in [0, 0.05) is 5.56 Å². The summed E-state index contributed by atoms with van der Waals surface area (Å²) >= 11 is 1.10. The van der Waals surface area contributed by atoms with E-state index >= 15 is 0 Å². The van der Waals surface area contributed by atoms with Crippen LogP contribution in [0.3, 0.4) is 0 Å². The minimum Gasteiger partial charge on any atom is -0.495 e. The van der Waals surface area contributed by atoms with Gasteiger partial charge in [0.15, 0.2) is 0 Å². The van der Waals surface area contributed by atoms with E-state index in [9.17, 15) is 18.0 Å². The van der Waals surface area contributed by atoms with Crippen LogP contribution in [-0.4, -0.2) is 19.7 Å². The van der Waals surface area contributed by atoms with Crippen LogP contribution in [0.2, 0.25) is 0 Å². The molecule has 0 N–H and O–H groups in total. The molecule has 0 aromatic heterocycles. The molecule has 0 atom stereocenters. The third kappa shape index (κ3) is 2.49. The van der Waals surface area contributed by atoms with E-state index in [1.807, 2.05) is 0 Å². The van der Waals surface area contributed by atoms with Gasteiger partial charge in [-0.05, 0) is 18.4 Å². The average molecular weight is 250 g/mol. The van der Waals surface area contributed by atoms with E-state index < -0.39 is 11.7 Å². The molecule has 6 heteroatoms. The van der Waals surface area contributed by atoms with Gasteiger partial charge in [-0.3, -0.25) is 4.79 Å². The van der Waals surface area contributed by atoms with E-state index in [-0.39, 0.29) is 11.3 Å². The van der Waals surface area contributed by atoms with Crippen LogP contribution in [-0.2, 0) is 6.18 Å². The number of aldehydes is 1. The predicted molar refractivity (Wildman–Crippen MR) is 55.2 cm³/mol. The van der Waals surface area contributed by atoms with Gasteiger partial charge in [-0.2, -0.15) is 13.2 Å². The Balaban J connectivity index is 3.49. The molecule has 1 aromatic carbocycles. The summed E-state index contributed by atoms with van der Waals surface area (Å²) in [6.45, 7) is 0. The average Bonchev–Trinajstić information content (AvgIpc) is 2.25. The third-order valence-electron chi connectivity index (χ3n) is 1.94. The number of ether oxygens (including phenoxy) is 1. The monoisotopic (exact) mass is 250 g/mol. The number of rotatable bonds is 3. The van der Waals surface area contributed by atoms with Gasteiger partial charge in [-0.1, -0.05) is 0 Å². The molecular formula is C10H9F3O2S. The van der Waals surface area contributed by atoms with Gasteiger partial charge in [-0.15, -0.1) is 11.8 Å². The van der Waals surface area contributed by atoms with Crippen LogP contribution >= 0.6 is 11.8 Å². The summed E-state index contributed by atoms with van der Waals surface area (Å²) in [6, 6.07) is 2.15. The fraction of sp³-hybridized carbons (Fsp3) is 0.300. The molecule has 16 heavy (non-hydrogen) atoms. The zero-order chi connectivity index (χ0) is 12.3. The minimum atomic E-state index is -4.53. The Kier molecular flexibility index (Phi) is 3.85. The highest BCUT2D eigenvalue weighted by molar-refractivity contribution is 7.98. The van der Waals surface area contributed by atoms with Gasteiger partial charge in [0.25, 0.3) is 0 Å². The van der Waals surface area contributed by atoms with E-state index in [4.69, 9.17) is 4.74 Å². The van der Waals surface area contributed by atoms with Crippen LogP contribution in [0.1, 0.15) is 15.9 Å². The van der Waals surface area contributed by atoms with Crippen molar-refractivity contribution in [2.24, 2.45) is 0 Å². The maximum atomic E-state index is 12.7. The summed E-state index contributed by atoms with van der Waals surface area (Å²) in [4.78, 5) is 10.8. The summed E-state index contributed by atoms with van der Waals surface area (Å²) < 4.78 is 42.7. The summed E-state index contributed by atoms with van der Waals surface area (Å²) in [7, 11) is 1.17. The molecule has 0 spiro atoms. The number of alkyl halides is 3. The summed E-state index contributed by atoms with van der Waals surface area (Å²) in [5.74, 6) is -0.245. The van der Waals surface area contributed by atoms with Crippen LogP contribution < -0.4 is 4.74 Å². The molecular weight excluding hydrogens is 241 g/mol. The first kappa shape index (κ1) is 12.9. The largest absolute Gasteiger partial charge is 0.495 e. The Labute approximate surface area is 94.8 Å². The Morgan fingerprint density at radius 3 is 2.38 bits per heavy atom. The highest BCUT2D eigenvalue weighted by Gasteiger charge is 2.35. The molecule has 0 amide bonds. The highest BCUT2D eigenvalue weighted by atomic mass is 32.2. The van der Waals surface area contributed by atoms with Crippen molar-refractivity contribution in [3.05, 3.63) is 23.3 Å². The lowest BCUT2D eigenvalue weighted by Crippen LogP contribution is -2.09. The minimum absolute atomic E-state index is 0.0162. The second kappa shape index (κ2) is 4.78. The molecule has 0 saturated heterocycles. The summed E-state index contributed by atoms with van der Waals surface area (Å²) in [5, 5.41) is 0. The maximum absolute atomic E-state index is 12.7. The third-order valence-corrected chi connectivity index (χ3v) is 2.69. The molecule has 88 valence electrons. The molecule has 1 rings (SSSR count). The van der Waals surface area contributed by atoms with Crippen molar-refractivity contribution < 1.29 is 22.7 Å². The first-order chi connectivity index (χ1) is 7.43. The lowest BCUT2D eigenvalue weighted by atomic mass is 10.1. The fourth-order valence-electron chi connectivity index (χ4n) is 1.26. The lowest BCUT2D eigenvalue weighted by molar-refractivity contribution is -0.139. The van der Waals surface area contributed by atoms with Gasteiger partial charge in [0.2, 0.25) is 0 Å². The Morgan fingerprint density at radius 2 is 2.00 bits per heavy atom. The molecule has 0 saturated carbocycles. The lowest BCUT2D eigenvalue weighted by Gasteiger charge is -2.15. The molecule has 2 nitrogen and oxygen atoms in total. The molecule has 0 unspecified atom stereocenters. The molecule has 0 heterocycles. The van der Waals surface area contributed by atoms with E-state index in [0.717, 1.165) is 17.8 Å². The van der Waals surface area contributed by atoms with Gasteiger partial charge in [0.05, 0.1) is 17.6 Å². The van der Waals surface area contributed by atoms with Crippen molar-refractivity contribution in [3.8, 4) is 5.75 Å². The van der Waals surface area contributed by atoms with Gasteiger partial charge in [-0.25, -0.2) is 0 Å². The second-order valence-corrected chi connectivity index (χ2v) is 3.77. The van der Waals surface area contributed by atoms with E-state index in [0.29, 0.717) is 11.2 Å². The van der Waals surface area contributed by atoms with Crippen LogP contribution in [0.25, 0.3) is 0 Å². The van der Waals surface area contributed by atoms with E-state index in [1.165, 1.54) is 13.2 Å². The van der Waals surface area contributed by atoms with Crippen LogP contribution in [0.5, 0.6) is 5.75 Å². The summed E-state index contributed by atoms with van der Waals surface area (Å²) in [5.41, 5.74) is -0.943. The number of hydrogen-bond donors (Lipinski definition) is 0. The number of carbonyl (C=O) groups is 1. The van der Waals surface area contributed by atoms with Crippen LogP contribution in [0.4, 0.5) is 13.2 Å². The topological polar surface area (TPSA) is 26.3 Å². The molecule has 0 fully saturated rings. The number of benzene rings is 1. The van der Waals surface area contributed by atoms with Gasteiger partial charge in [0.1, 0.15) is 12.0 Å². The molecule has 1 aromatic rings. The van der Waals surface area contributed by atoms with Crippen molar-refractivity contribution in [2.45, 2.75) is 11.1 Å². The standard InChI is InChI=1S/C10H9F3O2S/c1-15-9-7(10(11,12)13)3-6(5-14)4-8(9)16-2/h3-5H,1-2H3. The molecule has 0 radical (unpaired) electrons. The quantitative estimate of drug-likeness (QED) is 0.608. The second-order valence-electron chi connectivity index (χ2n) is 2.92. The van der Waals surface area contributed by atoms with Crippen molar-refractivity contribution in [1.29, 1.82) is 0 Å². The predicted octanol–water partition coefficient (Wildman–Crippen LogP) is 3.25. The van der Waals surface area contributed by atoms with Crippen molar-refractivity contribution in [1.82, 2.24) is 0 Å². The highest BCUT2D eigenvalue weighted by Crippen LogP contribution is 2.41. The SMILES string of the molecule is COc1c(SC)cc(C=O)cc1C(F)(F)F. The van der Waals surface area contributed by atoms with Crippen molar-refractivity contribution in [3.63, 3.8) is 0 Å². The zero-order valence-corrected chi connectivity index (χ0v) is 9.41. The Bertz CT molecular complexity index is 402. The van der Waals surface area contributed by atoms with Crippen LogP contribution in [0.15, 0.2) is 17.0 Å².